The van der Waals surface area contributed by atoms with Gasteiger partial charge in [0.25, 0.3) is 5.91 Å². The van der Waals surface area contributed by atoms with Crippen molar-refractivity contribution in [3.05, 3.63) is 65.2 Å². The molecule has 0 spiro atoms. The van der Waals surface area contributed by atoms with Crippen LogP contribution >= 0.6 is 0 Å². The van der Waals surface area contributed by atoms with Gasteiger partial charge in [0, 0.05) is 25.6 Å². The summed E-state index contributed by atoms with van der Waals surface area (Å²) in [4.78, 5) is 14.8. The molecule has 28 heavy (non-hydrogen) atoms. The summed E-state index contributed by atoms with van der Waals surface area (Å²) in [6.45, 7) is 0.0589. The minimum Gasteiger partial charge on any atom is -0.335 e. The number of hydrogen-bond acceptors (Lipinski definition) is 4. The number of nitrogens with one attached hydrogen (secondary N) is 1. The number of amides is 1. The van der Waals surface area contributed by atoms with E-state index in [2.05, 4.69) is 16.9 Å². The van der Waals surface area contributed by atoms with Crippen LogP contribution in [0, 0.1) is 11.3 Å². The summed E-state index contributed by atoms with van der Waals surface area (Å²) in [6, 6.07) is 16.0. The molecule has 0 aliphatic heterocycles. The molecule has 1 N–H and O–H groups in total. The van der Waals surface area contributed by atoms with Crippen LogP contribution in [0.25, 0.3) is 0 Å². The van der Waals surface area contributed by atoms with Crippen LogP contribution in [0.2, 0.25) is 0 Å². The van der Waals surface area contributed by atoms with Crippen LogP contribution in [0.15, 0.2) is 53.4 Å². The van der Waals surface area contributed by atoms with Gasteiger partial charge < -0.3 is 4.90 Å². The Kier molecular flexibility index (Phi) is 6.12. The smallest absolute Gasteiger partial charge is 0.254 e. The molecule has 2 aromatic carbocycles. The normalized spacial score (nSPS) is 16.1. The highest BCUT2D eigenvalue weighted by molar-refractivity contribution is 7.89. The van der Waals surface area contributed by atoms with Crippen LogP contribution in [0.5, 0.6) is 0 Å². The summed E-state index contributed by atoms with van der Waals surface area (Å²) in [5, 5.41) is 8.52. The van der Waals surface area contributed by atoms with Crippen molar-refractivity contribution < 1.29 is 13.2 Å². The maximum atomic E-state index is 13.0. The van der Waals surface area contributed by atoms with E-state index in [1.807, 2.05) is 18.2 Å². The number of fused-ring (bicyclic) bond motifs is 1. The average molecular weight is 398 g/mol. The monoisotopic (exact) mass is 397 g/mol. The van der Waals surface area contributed by atoms with Crippen LogP contribution in [0.3, 0.4) is 0 Å². The molecule has 3 rings (SSSR count). The summed E-state index contributed by atoms with van der Waals surface area (Å²) < 4.78 is 26.7. The van der Waals surface area contributed by atoms with Gasteiger partial charge in [-0.05, 0) is 54.7 Å². The molecule has 2 aromatic rings. The first-order chi connectivity index (χ1) is 13.4. The van der Waals surface area contributed by atoms with E-state index >= 15 is 0 Å². The SMILES string of the molecule is CN(C(=O)c1ccc(S(=O)(=O)NCCC#N)cc1)[C@H]1CCCc2ccccc21. The molecule has 0 aromatic heterocycles. The second-order valence-electron chi connectivity index (χ2n) is 6.85. The maximum Gasteiger partial charge on any atom is 0.254 e. The number of sulfonamides is 1. The van der Waals surface area contributed by atoms with E-state index in [0.29, 0.717) is 5.56 Å². The van der Waals surface area contributed by atoms with Crippen molar-refractivity contribution in [2.75, 3.05) is 13.6 Å². The lowest BCUT2D eigenvalue weighted by molar-refractivity contribution is 0.0715. The van der Waals surface area contributed by atoms with Crippen molar-refractivity contribution in [2.45, 2.75) is 36.6 Å². The van der Waals surface area contributed by atoms with E-state index in [1.165, 1.54) is 35.4 Å². The van der Waals surface area contributed by atoms with Gasteiger partial charge in [0.2, 0.25) is 10.0 Å². The molecule has 0 unspecified atom stereocenters. The van der Waals surface area contributed by atoms with E-state index in [9.17, 15) is 13.2 Å². The number of aryl methyl sites for hydroxylation is 1. The molecule has 0 heterocycles. The Balaban J connectivity index is 1.76. The van der Waals surface area contributed by atoms with Gasteiger partial charge in [-0.25, -0.2) is 13.1 Å². The standard InChI is InChI=1S/C21H23N3O3S/c1-24(20-9-4-7-16-6-2-3-8-19(16)20)21(25)17-10-12-18(13-11-17)28(26,27)23-15-5-14-22/h2-3,6,8,10-13,20,23H,4-5,7,9,15H2,1H3/t20-/m0/s1. The van der Waals surface area contributed by atoms with Crippen molar-refractivity contribution in [2.24, 2.45) is 0 Å². The highest BCUT2D eigenvalue weighted by atomic mass is 32.2. The molecule has 0 fully saturated rings. The second-order valence-corrected chi connectivity index (χ2v) is 8.62. The molecule has 0 saturated heterocycles. The fraction of sp³-hybridized carbons (Fsp3) is 0.333. The maximum absolute atomic E-state index is 13.0. The first-order valence-electron chi connectivity index (χ1n) is 9.25. The first kappa shape index (κ1) is 20.1. The lowest BCUT2D eigenvalue weighted by Gasteiger charge is -2.33. The number of hydrogen-bond donors (Lipinski definition) is 1. The molecule has 0 bridgehead atoms. The zero-order valence-electron chi connectivity index (χ0n) is 15.8. The second kappa shape index (κ2) is 8.55. The van der Waals surface area contributed by atoms with Crippen molar-refractivity contribution in [1.82, 2.24) is 9.62 Å². The summed E-state index contributed by atoms with van der Waals surface area (Å²) in [6.07, 6.45) is 3.07. The fourth-order valence-electron chi connectivity index (χ4n) is 3.58. The summed E-state index contributed by atoms with van der Waals surface area (Å²) in [5.41, 5.74) is 2.91. The lowest BCUT2D eigenvalue weighted by atomic mass is 9.87. The van der Waals surface area contributed by atoms with Crippen molar-refractivity contribution in [3.63, 3.8) is 0 Å². The van der Waals surface area contributed by atoms with E-state index in [-0.39, 0.29) is 29.8 Å². The zero-order chi connectivity index (χ0) is 20.1. The van der Waals surface area contributed by atoms with Crippen molar-refractivity contribution in [1.29, 1.82) is 5.26 Å². The predicted molar refractivity (Wildman–Crippen MR) is 106 cm³/mol. The molecule has 1 amide bonds. The van der Waals surface area contributed by atoms with Crippen LogP contribution < -0.4 is 4.72 Å². The van der Waals surface area contributed by atoms with E-state index < -0.39 is 10.0 Å². The number of carbonyl (C=O) groups excluding carboxylic acids is 1. The van der Waals surface area contributed by atoms with Gasteiger partial charge in [0.05, 0.1) is 17.0 Å². The van der Waals surface area contributed by atoms with Gasteiger partial charge in [-0.15, -0.1) is 0 Å². The molecular weight excluding hydrogens is 374 g/mol. The van der Waals surface area contributed by atoms with Gasteiger partial charge in [-0.2, -0.15) is 5.26 Å². The highest BCUT2D eigenvalue weighted by Crippen LogP contribution is 2.34. The molecule has 0 radical (unpaired) electrons. The quantitative estimate of drug-likeness (QED) is 0.759. The summed E-state index contributed by atoms with van der Waals surface area (Å²) >= 11 is 0. The Morgan fingerprint density at radius 3 is 2.64 bits per heavy atom. The molecule has 1 aliphatic carbocycles. The summed E-state index contributed by atoms with van der Waals surface area (Å²) in [5.74, 6) is -0.136. The van der Waals surface area contributed by atoms with Crippen LogP contribution in [-0.2, 0) is 16.4 Å². The third-order valence-electron chi connectivity index (χ3n) is 5.07. The Morgan fingerprint density at radius 1 is 1.21 bits per heavy atom. The third kappa shape index (κ3) is 4.24. The molecule has 1 atom stereocenters. The van der Waals surface area contributed by atoms with E-state index in [1.54, 1.807) is 11.9 Å². The van der Waals surface area contributed by atoms with E-state index in [0.717, 1.165) is 19.3 Å². The van der Waals surface area contributed by atoms with Gasteiger partial charge in [0.1, 0.15) is 0 Å². The minimum absolute atomic E-state index is 0.0218. The van der Waals surface area contributed by atoms with Crippen molar-refractivity contribution in [3.8, 4) is 6.07 Å². The Hall–Kier alpha value is -2.69. The minimum atomic E-state index is -3.68. The van der Waals surface area contributed by atoms with Crippen LogP contribution in [0.1, 0.15) is 46.8 Å². The largest absolute Gasteiger partial charge is 0.335 e. The van der Waals surface area contributed by atoms with Gasteiger partial charge in [-0.1, -0.05) is 24.3 Å². The first-order valence-corrected chi connectivity index (χ1v) is 10.7. The number of carbonyl (C=O) groups is 1. The molecule has 6 nitrogen and oxygen atoms in total. The lowest BCUT2D eigenvalue weighted by Crippen LogP contribution is -2.33. The molecule has 7 heteroatoms. The zero-order valence-corrected chi connectivity index (χ0v) is 16.6. The van der Waals surface area contributed by atoms with Gasteiger partial charge >= 0.3 is 0 Å². The molecule has 146 valence electrons. The third-order valence-corrected chi connectivity index (χ3v) is 6.54. The Labute approximate surface area is 165 Å². The molecular formula is C21H23N3O3S. The molecule has 0 saturated carbocycles. The summed E-state index contributed by atoms with van der Waals surface area (Å²) in [7, 11) is -1.89. The highest BCUT2D eigenvalue weighted by Gasteiger charge is 2.27. The number of nitriles is 1. The van der Waals surface area contributed by atoms with Gasteiger partial charge in [0.15, 0.2) is 0 Å². The predicted octanol–water partition coefficient (Wildman–Crippen LogP) is 3.03. The topological polar surface area (TPSA) is 90.3 Å². The van der Waals surface area contributed by atoms with Crippen LogP contribution in [-0.4, -0.2) is 32.8 Å². The van der Waals surface area contributed by atoms with Crippen LogP contribution in [0.4, 0.5) is 0 Å². The van der Waals surface area contributed by atoms with E-state index in [4.69, 9.17) is 5.26 Å². The van der Waals surface area contributed by atoms with Crippen molar-refractivity contribution >= 4 is 15.9 Å². The Morgan fingerprint density at radius 2 is 1.93 bits per heavy atom. The Bertz CT molecular complexity index is 994. The number of rotatable bonds is 6. The molecule has 1 aliphatic rings. The van der Waals surface area contributed by atoms with Gasteiger partial charge in [-0.3, -0.25) is 4.79 Å². The fourth-order valence-corrected chi connectivity index (χ4v) is 4.61. The average Bonchev–Trinajstić information content (AvgIpc) is 2.72. The number of nitrogens with zero attached hydrogens (tertiary/aromatic N) is 2. The number of benzene rings is 2.